The van der Waals surface area contributed by atoms with E-state index in [4.69, 9.17) is 4.74 Å². The molecule has 1 saturated heterocycles. The van der Waals surface area contributed by atoms with Crippen LogP contribution in [0.25, 0.3) is 0 Å². The number of ether oxygens (including phenoxy) is 1. The van der Waals surface area contributed by atoms with Crippen LogP contribution in [0.15, 0.2) is 12.1 Å². The lowest BCUT2D eigenvalue weighted by molar-refractivity contribution is 0.120. The van der Waals surface area contributed by atoms with E-state index in [2.05, 4.69) is 24.8 Å². The van der Waals surface area contributed by atoms with Gasteiger partial charge in [-0.15, -0.1) is 0 Å². The molecule has 0 aromatic heterocycles. The summed E-state index contributed by atoms with van der Waals surface area (Å²) in [6.45, 7) is 8.01. The average molecular weight is 356 g/mol. The van der Waals surface area contributed by atoms with Gasteiger partial charge in [-0.1, -0.05) is 19.9 Å². The van der Waals surface area contributed by atoms with Crippen LogP contribution in [-0.2, 0) is 21.1 Å². The second-order valence-electron chi connectivity index (χ2n) is 7.01. The van der Waals surface area contributed by atoms with E-state index < -0.39 is 9.84 Å². The maximum Gasteiger partial charge on any atom is 0.151 e. The predicted octanol–water partition coefficient (Wildman–Crippen LogP) is 2.46. The Morgan fingerprint density at radius 3 is 2.62 bits per heavy atom. The third-order valence-corrected chi connectivity index (χ3v) is 6.52. The predicted molar refractivity (Wildman–Crippen MR) is 96.3 cm³/mol. The zero-order chi connectivity index (χ0) is 17.9. The normalized spacial score (nSPS) is 20.2. The first-order valence-electron chi connectivity index (χ1n) is 8.49. The summed E-state index contributed by atoms with van der Waals surface area (Å²) in [5.74, 6) is 1.10. The van der Waals surface area contributed by atoms with Crippen LogP contribution in [0.5, 0.6) is 5.75 Å². The molecule has 1 aliphatic rings. The molecule has 1 aliphatic heterocycles. The third-order valence-electron chi connectivity index (χ3n) is 4.77. The van der Waals surface area contributed by atoms with Crippen molar-refractivity contribution in [3.05, 3.63) is 28.8 Å². The number of hydrogen-bond acceptors (Lipinski definition) is 5. The number of sulfone groups is 1. The first-order chi connectivity index (χ1) is 11.2. The van der Waals surface area contributed by atoms with E-state index in [0.29, 0.717) is 32.0 Å². The lowest BCUT2D eigenvalue weighted by Gasteiger charge is -2.28. The maximum atomic E-state index is 11.8. The SMILES string of the molecule is COCCN(Cc1cc(C(C)C)c(C)cc1O)[C@H]1CCS(=O)(=O)C1. The fourth-order valence-corrected chi connectivity index (χ4v) is 5.15. The number of methoxy groups -OCH3 is 1. The molecule has 24 heavy (non-hydrogen) atoms. The van der Waals surface area contributed by atoms with E-state index in [9.17, 15) is 13.5 Å². The van der Waals surface area contributed by atoms with Gasteiger partial charge in [-0.25, -0.2) is 8.42 Å². The molecule has 2 rings (SSSR count). The minimum atomic E-state index is -2.94. The van der Waals surface area contributed by atoms with Crippen molar-refractivity contribution in [2.45, 2.75) is 45.7 Å². The summed E-state index contributed by atoms with van der Waals surface area (Å²) in [6.07, 6.45) is 0.649. The highest BCUT2D eigenvalue weighted by Crippen LogP contribution is 2.29. The summed E-state index contributed by atoms with van der Waals surface area (Å²) in [6, 6.07) is 3.86. The molecule has 0 amide bonds. The fraction of sp³-hybridized carbons (Fsp3) is 0.667. The van der Waals surface area contributed by atoms with Gasteiger partial charge in [0.15, 0.2) is 9.84 Å². The van der Waals surface area contributed by atoms with Crippen molar-refractivity contribution in [3.63, 3.8) is 0 Å². The highest BCUT2D eigenvalue weighted by atomic mass is 32.2. The smallest absolute Gasteiger partial charge is 0.151 e. The summed E-state index contributed by atoms with van der Waals surface area (Å²) in [4.78, 5) is 2.13. The van der Waals surface area contributed by atoms with Gasteiger partial charge in [0.2, 0.25) is 0 Å². The molecule has 1 fully saturated rings. The monoisotopic (exact) mass is 355 g/mol. The Labute approximate surface area is 145 Å². The van der Waals surface area contributed by atoms with Crippen molar-refractivity contribution < 1.29 is 18.3 Å². The number of aryl methyl sites for hydroxylation is 1. The van der Waals surface area contributed by atoms with Crippen LogP contribution < -0.4 is 0 Å². The maximum absolute atomic E-state index is 11.8. The first-order valence-corrected chi connectivity index (χ1v) is 10.3. The van der Waals surface area contributed by atoms with Crippen molar-refractivity contribution >= 4 is 9.84 Å². The lowest BCUT2D eigenvalue weighted by Crippen LogP contribution is -2.38. The minimum Gasteiger partial charge on any atom is -0.508 e. The summed E-state index contributed by atoms with van der Waals surface area (Å²) in [5.41, 5.74) is 3.15. The van der Waals surface area contributed by atoms with Gasteiger partial charge in [0.1, 0.15) is 5.75 Å². The molecule has 1 N–H and O–H groups in total. The largest absolute Gasteiger partial charge is 0.508 e. The average Bonchev–Trinajstić information content (AvgIpc) is 2.85. The number of nitrogens with zero attached hydrogens (tertiary/aromatic N) is 1. The summed E-state index contributed by atoms with van der Waals surface area (Å²) >= 11 is 0. The zero-order valence-electron chi connectivity index (χ0n) is 15.1. The Bertz CT molecular complexity index is 670. The summed E-state index contributed by atoms with van der Waals surface area (Å²) in [5, 5.41) is 10.3. The second-order valence-corrected chi connectivity index (χ2v) is 9.24. The van der Waals surface area contributed by atoms with Crippen molar-refractivity contribution in [1.29, 1.82) is 0 Å². The molecule has 0 bridgehead atoms. The molecule has 1 heterocycles. The second kappa shape index (κ2) is 7.85. The highest BCUT2D eigenvalue weighted by molar-refractivity contribution is 7.91. The molecule has 0 spiro atoms. The molecule has 0 saturated carbocycles. The van der Waals surface area contributed by atoms with Gasteiger partial charge < -0.3 is 9.84 Å². The van der Waals surface area contributed by atoms with Crippen LogP contribution in [0.2, 0.25) is 0 Å². The lowest BCUT2D eigenvalue weighted by atomic mass is 9.95. The van der Waals surface area contributed by atoms with Crippen LogP contribution in [0.3, 0.4) is 0 Å². The molecule has 5 nitrogen and oxygen atoms in total. The molecule has 0 aliphatic carbocycles. The van der Waals surface area contributed by atoms with Gasteiger partial charge in [0.25, 0.3) is 0 Å². The van der Waals surface area contributed by atoms with Crippen LogP contribution in [-0.4, -0.2) is 56.2 Å². The summed E-state index contributed by atoms with van der Waals surface area (Å²) in [7, 11) is -1.30. The number of phenols is 1. The van der Waals surface area contributed by atoms with Gasteiger partial charge >= 0.3 is 0 Å². The van der Waals surface area contributed by atoms with E-state index in [1.54, 1.807) is 7.11 Å². The number of phenolic OH excluding ortho intramolecular Hbond substituents is 1. The van der Waals surface area contributed by atoms with Gasteiger partial charge in [-0.2, -0.15) is 0 Å². The molecule has 1 atom stereocenters. The Morgan fingerprint density at radius 1 is 1.38 bits per heavy atom. The van der Waals surface area contributed by atoms with Crippen LogP contribution in [0.4, 0.5) is 0 Å². The first kappa shape index (κ1) is 19.2. The Balaban J connectivity index is 2.24. The van der Waals surface area contributed by atoms with E-state index in [1.807, 2.05) is 13.0 Å². The zero-order valence-corrected chi connectivity index (χ0v) is 15.9. The molecule has 1 aromatic rings. The van der Waals surface area contributed by atoms with Gasteiger partial charge in [-0.05, 0) is 36.5 Å². The molecular formula is C18H29NO4S. The molecule has 0 radical (unpaired) electrons. The van der Waals surface area contributed by atoms with Crippen LogP contribution in [0.1, 0.15) is 42.9 Å². The molecule has 0 unspecified atom stereocenters. The number of rotatable bonds is 7. The van der Waals surface area contributed by atoms with E-state index in [1.165, 1.54) is 5.56 Å². The van der Waals surface area contributed by atoms with Gasteiger partial charge in [0, 0.05) is 31.8 Å². The Kier molecular flexibility index (Phi) is 6.28. The minimum absolute atomic E-state index is 0.00615. The molecule has 1 aromatic carbocycles. The summed E-state index contributed by atoms with van der Waals surface area (Å²) < 4.78 is 28.8. The topological polar surface area (TPSA) is 66.8 Å². The number of benzene rings is 1. The van der Waals surface area contributed by atoms with Crippen molar-refractivity contribution in [3.8, 4) is 5.75 Å². The number of hydrogen-bond donors (Lipinski definition) is 1. The Morgan fingerprint density at radius 2 is 2.08 bits per heavy atom. The van der Waals surface area contributed by atoms with Crippen molar-refractivity contribution in [2.75, 3.05) is 31.8 Å². The molecule has 6 heteroatoms. The van der Waals surface area contributed by atoms with E-state index in [0.717, 1.165) is 11.1 Å². The van der Waals surface area contributed by atoms with Crippen LogP contribution in [0, 0.1) is 6.92 Å². The van der Waals surface area contributed by atoms with E-state index >= 15 is 0 Å². The van der Waals surface area contributed by atoms with Crippen molar-refractivity contribution in [2.24, 2.45) is 0 Å². The van der Waals surface area contributed by atoms with Gasteiger partial charge in [0.05, 0.1) is 18.1 Å². The quantitative estimate of drug-likeness (QED) is 0.814. The standard InChI is InChI=1S/C18H29NO4S/c1-13(2)17-10-15(18(20)9-14(17)3)11-19(6-7-23-4)16-5-8-24(21,22)12-16/h9-10,13,16,20H,5-8,11-12H2,1-4H3/t16-/m0/s1. The van der Waals surface area contributed by atoms with Crippen molar-refractivity contribution in [1.82, 2.24) is 4.90 Å². The number of aromatic hydroxyl groups is 1. The van der Waals surface area contributed by atoms with E-state index in [-0.39, 0.29) is 23.3 Å². The highest BCUT2D eigenvalue weighted by Gasteiger charge is 2.32. The molecule has 136 valence electrons. The molecular weight excluding hydrogens is 326 g/mol. The third kappa shape index (κ3) is 4.71. The van der Waals surface area contributed by atoms with Crippen LogP contribution >= 0.6 is 0 Å². The Hall–Kier alpha value is -1.11. The van der Waals surface area contributed by atoms with Gasteiger partial charge in [-0.3, -0.25) is 4.90 Å². The fourth-order valence-electron chi connectivity index (χ4n) is 3.39.